The summed E-state index contributed by atoms with van der Waals surface area (Å²) in [5.74, 6) is 0.395. The van der Waals surface area contributed by atoms with Gasteiger partial charge < -0.3 is 10.1 Å². The Labute approximate surface area is 120 Å². The highest BCUT2D eigenvalue weighted by Crippen LogP contribution is 2.25. The Morgan fingerprint density at radius 3 is 2.63 bits per heavy atom. The number of rotatable bonds is 6. The van der Waals surface area contributed by atoms with Gasteiger partial charge in [-0.25, -0.2) is 4.39 Å². The second-order valence-electron chi connectivity index (χ2n) is 4.07. The number of benzene rings is 2. The molecule has 0 aliphatic carbocycles. The number of anilines is 1. The minimum Gasteiger partial charge on any atom is -0.492 e. The van der Waals surface area contributed by atoms with Crippen LogP contribution in [0.15, 0.2) is 53.0 Å². The molecule has 0 fully saturated rings. The van der Waals surface area contributed by atoms with Gasteiger partial charge in [-0.2, -0.15) is 0 Å². The predicted octanol–water partition coefficient (Wildman–Crippen LogP) is 4.47. The molecular weight excluding hydrogens is 309 g/mol. The highest BCUT2D eigenvalue weighted by Gasteiger charge is 2.02. The van der Waals surface area contributed by atoms with Crippen molar-refractivity contribution in [3.63, 3.8) is 0 Å². The van der Waals surface area contributed by atoms with E-state index in [4.69, 9.17) is 4.74 Å². The van der Waals surface area contributed by atoms with E-state index in [0.717, 1.165) is 18.7 Å². The lowest BCUT2D eigenvalue weighted by atomic mass is 10.3. The molecule has 0 aromatic heterocycles. The van der Waals surface area contributed by atoms with Crippen LogP contribution in [0.4, 0.5) is 10.1 Å². The number of halogens is 2. The fourth-order valence-corrected chi connectivity index (χ4v) is 2.10. The van der Waals surface area contributed by atoms with E-state index in [1.165, 1.54) is 12.1 Å². The average Bonchev–Trinajstić information content (AvgIpc) is 2.42. The first kappa shape index (κ1) is 13.9. The fraction of sp³-hybridized carbons (Fsp3) is 0.200. The van der Waals surface area contributed by atoms with Crippen molar-refractivity contribution in [1.29, 1.82) is 0 Å². The van der Waals surface area contributed by atoms with Gasteiger partial charge in [0, 0.05) is 12.2 Å². The van der Waals surface area contributed by atoms with E-state index in [2.05, 4.69) is 21.2 Å². The van der Waals surface area contributed by atoms with Crippen LogP contribution in [0.25, 0.3) is 0 Å². The second-order valence-corrected chi connectivity index (χ2v) is 4.92. The SMILES string of the molecule is Fc1ccc(OCCCNc2ccccc2)c(Br)c1. The summed E-state index contributed by atoms with van der Waals surface area (Å²) < 4.78 is 19.1. The van der Waals surface area contributed by atoms with Gasteiger partial charge in [-0.15, -0.1) is 0 Å². The van der Waals surface area contributed by atoms with Gasteiger partial charge in [0.25, 0.3) is 0 Å². The summed E-state index contributed by atoms with van der Waals surface area (Å²) in [4.78, 5) is 0. The molecule has 0 unspecified atom stereocenters. The number of nitrogens with one attached hydrogen (secondary N) is 1. The number of para-hydroxylation sites is 1. The summed E-state index contributed by atoms with van der Waals surface area (Å²) in [6.45, 7) is 1.42. The van der Waals surface area contributed by atoms with Crippen LogP contribution in [-0.2, 0) is 0 Å². The van der Waals surface area contributed by atoms with E-state index in [1.54, 1.807) is 6.07 Å². The summed E-state index contributed by atoms with van der Waals surface area (Å²) in [6.07, 6.45) is 0.874. The van der Waals surface area contributed by atoms with Crippen molar-refractivity contribution in [3.05, 3.63) is 58.8 Å². The molecule has 0 heterocycles. The molecule has 0 atom stereocenters. The van der Waals surface area contributed by atoms with Gasteiger partial charge in [0.1, 0.15) is 11.6 Å². The predicted molar refractivity (Wildman–Crippen MR) is 79.1 cm³/mol. The van der Waals surface area contributed by atoms with Crippen molar-refractivity contribution in [3.8, 4) is 5.75 Å². The Hall–Kier alpha value is -1.55. The smallest absolute Gasteiger partial charge is 0.133 e. The third-order valence-electron chi connectivity index (χ3n) is 2.58. The first-order valence-corrected chi connectivity index (χ1v) is 6.92. The molecule has 19 heavy (non-hydrogen) atoms. The third-order valence-corrected chi connectivity index (χ3v) is 3.20. The molecule has 0 aliphatic heterocycles. The van der Waals surface area contributed by atoms with Crippen LogP contribution < -0.4 is 10.1 Å². The Bertz CT molecular complexity index is 519. The van der Waals surface area contributed by atoms with Gasteiger partial charge in [0.2, 0.25) is 0 Å². The Morgan fingerprint density at radius 1 is 1.11 bits per heavy atom. The van der Waals surface area contributed by atoms with E-state index in [9.17, 15) is 4.39 Å². The Balaban J connectivity index is 1.69. The van der Waals surface area contributed by atoms with E-state index >= 15 is 0 Å². The maximum absolute atomic E-state index is 12.9. The standard InChI is InChI=1S/C15H15BrFNO/c16-14-11-12(17)7-8-15(14)19-10-4-9-18-13-5-2-1-3-6-13/h1-3,5-8,11,18H,4,9-10H2. The van der Waals surface area contributed by atoms with Gasteiger partial charge in [-0.05, 0) is 52.7 Å². The van der Waals surface area contributed by atoms with Gasteiger partial charge in [0.05, 0.1) is 11.1 Å². The zero-order valence-electron chi connectivity index (χ0n) is 10.4. The van der Waals surface area contributed by atoms with Crippen LogP contribution in [0.3, 0.4) is 0 Å². The summed E-state index contributed by atoms with van der Waals surface area (Å²) in [5.41, 5.74) is 1.10. The first-order valence-electron chi connectivity index (χ1n) is 6.12. The van der Waals surface area contributed by atoms with Crippen molar-refractivity contribution in [1.82, 2.24) is 0 Å². The van der Waals surface area contributed by atoms with Crippen molar-refractivity contribution >= 4 is 21.6 Å². The summed E-state index contributed by atoms with van der Waals surface area (Å²) >= 11 is 3.27. The van der Waals surface area contributed by atoms with E-state index in [-0.39, 0.29) is 5.82 Å². The van der Waals surface area contributed by atoms with Crippen LogP contribution in [0.1, 0.15) is 6.42 Å². The second kappa shape index (κ2) is 7.14. The highest BCUT2D eigenvalue weighted by molar-refractivity contribution is 9.10. The van der Waals surface area contributed by atoms with Gasteiger partial charge in [-0.1, -0.05) is 18.2 Å². The first-order chi connectivity index (χ1) is 9.25. The Kier molecular flexibility index (Phi) is 5.21. The molecule has 2 aromatic rings. The molecular formula is C15H15BrFNO. The van der Waals surface area contributed by atoms with Crippen LogP contribution in [0.5, 0.6) is 5.75 Å². The third kappa shape index (κ3) is 4.56. The van der Waals surface area contributed by atoms with Crippen LogP contribution in [-0.4, -0.2) is 13.2 Å². The van der Waals surface area contributed by atoms with E-state index in [0.29, 0.717) is 16.8 Å². The molecule has 0 saturated carbocycles. The van der Waals surface area contributed by atoms with Crippen molar-refractivity contribution in [2.24, 2.45) is 0 Å². The topological polar surface area (TPSA) is 21.3 Å². The highest BCUT2D eigenvalue weighted by atomic mass is 79.9. The summed E-state index contributed by atoms with van der Waals surface area (Å²) in [7, 11) is 0. The lowest BCUT2D eigenvalue weighted by Crippen LogP contribution is -2.07. The molecule has 2 aromatic carbocycles. The largest absolute Gasteiger partial charge is 0.492 e. The molecule has 0 radical (unpaired) electrons. The van der Waals surface area contributed by atoms with Crippen LogP contribution >= 0.6 is 15.9 Å². The van der Waals surface area contributed by atoms with Gasteiger partial charge >= 0.3 is 0 Å². The average molecular weight is 324 g/mol. The normalized spacial score (nSPS) is 10.2. The number of hydrogen-bond donors (Lipinski definition) is 1. The van der Waals surface area contributed by atoms with Crippen molar-refractivity contribution in [2.45, 2.75) is 6.42 Å². The molecule has 1 N–H and O–H groups in total. The zero-order chi connectivity index (χ0) is 13.5. The molecule has 4 heteroatoms. The molecule has 100 valence electrons. The lowest BCUT2D eigenvalue weighted by Gasteiger charge is -2.09. The minimum atomic E-state index is -0.273. The monoisotopic (exact) mass is 323 g/mol. The maximum atomic E-state index is 12.9. The minimum absolute atomic E-state index is 0.273. The molecule has 0 bridgehead atoms. The van der Waals surface area contributed by atoms with Crippen molar-refractivity contribution < 1.29 is 9.13 Å². The van der Waals surface area contributed by atoms with Crippen LogP contribution in [0, 0.1) is 5.82 Å². The van der Waals surface area contributed by atoms with E-state index in [1.807, 2.05) is 30.3 Å². The molecule has 0 saturated heterocycles. The Morgan fingerprint density at radius 2 is 1.89 bits per heavy atom. The molecule has 2 nitrogen and oxygen atoms in total. The zero-order valence-corrected chi connectivity index (χ0v) is 12.0. The van der Waals surface area contributed by atoms with Crippen LogP contribution in [0.2, 0.25) is 0 Å². The van der Waals surface area contributed by atoms with Crippen molar-refractivity contribution in [2.75, 3.05) is 18.5 Å². The molecule has 0 amide bonds. The quantitative estimate of drug-likeness (QED) is 0.792. The fourth-order valence-electron chi connectivity index (χ4n) is 1.64. The maximum Gasteiger partial charge on any atom is 0.133 e. The number of ether oxygens (including phenoxy) is 1. The molecule has 0 aliphatic rings. The van der Waals surface area contributed by atoms with E-state index < -0.39 is 0 Å². The number of hydrogen-bond acceptors (Lipinski definition) is 2. The molecule has 2 rings (SSSR count). The van der Waals surface area contributed by atoms with Gasteiger partial charge in [-0.3, -0.25) is 0 Å². The molecule has 0 spiro atoms. The summed E-state index contributed by atoms with van der Waals surface area (Å²) in [5, 5.41) is 3.30. The van der Waals surface area contributed by atoms with Gasteiger partial charge in [0.15, 0.2) is 0 Å². The summed E-state index contributed by atoms with van der Waals surface area (Å²) in [6, 6.07) is 14.4. The lowest BCUT2D eigenvalue weighted by molar-refractivity contribution is 0.312.